The molecular weight excluding hydrogens is 490 g/mol. The Labute approximate surface area is 194 Å². The number of H-pyrrole nitrogens is 1. The van der Waals surface area contributed by atoms with Gasteiger partial charge in [0.2, 0.25) is 0 Å². The molecule has 2 heterocycles. The highest BCUT2D eigenvalue weighted by Gasteiger charge is 2.44. The predicted octanol–water partition coefficient (Wildman–Crippen LogP) is 5.99. The smallest absolute Gasteiger partial charge is 0.268 e. The van der Waals surface area contributed by atoms with Gasteiger partial charge in [-0.3, -0.25) is 14.7 Å². The number of aromatic amines is 1. The Bertz CT molecular complexity index is 1210. The first-order valence-corrected chi connectivity index (χ1v) is 10.8. The van der Waals surface area contributed by atoms with Crippen LogP contribution in [-0.4, -0.2) is 22.0 Å². The summed E-state index contributed by atoms with van der Waals surface area (Å²) in [4.78, 5) is 26.8. The molecule has 30 heavy (non-hydrogen) atoms. The van der Waals surface area contributed by atoms with E-state index in [1.165, 1.54) is 11.8 Å². The standard InChI is InChI=1S/C19H8Cl4N4O2S/c20-12-10-11(13(21)15(23)14(12)22)19(29)27(18(10)28)16-9(6-24)17(26-25-16)30-7-8-4-2-1-3-5-8/h1-5H,7H2,(H,25,26). The van der Waals surface area contributed by atoms with Crippen molar-refractivity contribution < 1.29 is 9.59 Å². The van der Waals surface area contributed by atoms with Crippen LogP contribution in [0.5, 0.6) is 0 Å². The number of thioether (sulfide) groups is 1. The SMILES string of the molecule is N#Cc1c(SCc2ccccc2)n[nH]c1N1C(=O)c2c(Cl)c(Cl)c(Cl)c(Cl)c2C1=O. The monoisotopic (exact) mass is 496 g/mol. The minimum Gasteiger partial charge on any atom is -0.268 e. The lowest BCUT2D eigenvalue weighted by atomic mass is 10.1. The third-order valence-electron chi connectivity index (χ3n) is 4.37. The van der Waals surface area contributed by atoms with Gasteiger partial charge in [-0.2, -0.15) is 10.4 Å². The maximum Gasteiger partial charge on any atom is 0.269 e. The first kappa shape index (κ1) is 21.0. The molecule has 1 N–H and O–H groups in total. The highest BCUT2D eigenvalue weighted by atomic mass is 35.5. The Morgan fingerprint density at radius 2 is 1.53 bits per heavy atom. The first-order valence-electron chi connectivity index (χ1n) is 8.26. The van der Waals surface area contributed by atoms with Gasteiger partial charge in [0.15, 0.2) is 5.82 Å². The van der Waals surface area contributed by atoms with Gasteiger partial charge in [-0.25, -0.2) is 4.90 Å². The summed E-state index contributed by atoms with van der Waals surface area (Å²) < 4.78 is 0. The molecular formula is C19H8Cl4N4O2S. The topological polar surface area (TPSA) is 89.8 Å². The molecule has 11 heteroatoms. The number of benzene rings is 2. The van der Waals surface area contributed by atoms with Gasteiger partial charge in [0.25, 0.3) is 11.8 Å². The predicted molar refractivity (Wildman–Crippen MR) is 117 cm³/mol. The molecule has 0 saturated carbocycles. The third-order valence-corrected chi connectivity index (χ3v) is 7.22. The van der Waals surface area contributed by atoms with Crippen LogP contribution in [-0.2, 0) is 5.75 Å². The van der Waals surface area contributed by atoms with Crippen molar-refractivity contribution in [2.24, 2.45) is 0 Å². The summed E-state index contributed by atoms with van der Waals surface area (Å²) in [5.41, 5.74) is 0.741. The number of hydrogen-bond donors (Lipinski definition) is 1. The van der Waals surface area contributed by atoms with E-state index in [1.807, 2.05) is 36.4 Å². The largest absolute Gasteiger partial charge is 0.269 e. The molecule has 0 bridgehead atoms. The Kier molecular flexibility index (Phi) is 5.71. The van der Waals surface area contributed by atoms with Crippen molar-refractivity contribution in [3.63, 3.8) is 0 Å². The quantitative estimate of drug-likeness (QED) is 0.207. The molecule has 0 unspecified atom stereocenters. The summed E-state index contributed by atoms with van der Waals surface area (Å²) in [7, 11) is 0. The molecule has 0 atom stereocenters. The van der Waals surface area contributed by atoms with Crippen LogP contribution in [0.15, 0.2) is 35.4 Å². The van der Waals surface area contributed by atoms with Crippen molar-refractivity contribution in [3.8, 4) is 6.07 Å². The number of hydrogen-bond acceptors (Lipinski definition) is 5. The maximum atomic E-state index is 13.0. The lowest BCUT2D eigenvalue weighted by Gasteiger charge is -2.11. The minimum absolute atomic E-state index is 0.0508. The van der Waals surface area contributed by atoms with Gasteiger partial charge in [-0.15, -0.1) is 0 Å². The Balaban J connectivity index is 1.73. The van der Waals surface area contributed by atoms with E-state index in [0.29, 0.717) is 10.8 Å². The van der Waals surface area contributed by atoms with Gasteiger partial charge in [-0.1, -0.05) is 88.5 Å². The normalized spacial score (nSPS) is 13.0. The van der Waals surface area contributed by atoms with Crippen LogP contribution >= 0.6 is 58.2 Å². The average molecular weight is 498 g/mol. The minimum atomic E-state index is -0.778. The zero-order chi connectivity index (χ0) is 21.6. The molecule has 2 amide bonds. The Hall–Kier alpha value is -2.21. The van der Waals surface area contributed by atoms with Gasteiger partial charge in [-0.05, 0) is 5.56 Å². The number of amides is 2. The second-order valence-electron chi connectivity index (χ2n) is 6.09. The number of rotatable bonds is 4. The van der Waals surface area contributed by atoms with Crippen LogP contribution in [0.2, 0.25) is 20.1 Å². The van der Waals surface area contributed by atoms with Gasteiger partial charge in [0, 0.05) is 5.75 Å². The fraction of sp³-hybridized carbons (Fsp3) is 0.0526. The summed E-state index contributed by atoms with van der Waals surface area (Å²) in [6.07, 6.45) is 0. The van der Waals surface area contributed by atoms with Gasteiger partial charge in [0.1, 0.15) is 16.7 Å². The van der Waals surface area contributed by atoms with Crippen LogP contribution in [0.4, 0.5) is 5.82 Å². The lowest BCUT2D eigenvalue weighted by molar-refractivity contribution is 0.0925. The Morgan fingerprint density at radius 3 is 2.07 bits per heavy atom. The van der Waals surface area contributed by atoms with Crippen LogP contribution in [0.1, 0.15) is 31.8 Å². The fourth-order valence-corrected chi connectivity index (χ4v) is 4.87. The number of nitrogens with zero attached hydrogens (tertiary/aromatic N) is 3. The molecule has 6 nitrogen and oxygen atoms in total. The Morgan fingerprint density at radius 1 is 0.967 bits per heavy atom. The van der Waals surface area contributed by atoms with Crippen molar-refractivity contribution in [1.29, 1.82) is 5.26 Å². The molecule has 1 aliphatic rings. The van der Waals surface area contributed by atoms with E-state index in [9.17, 15) is 14.9 Å². The highest BCUT2D eigenvalue weighted by molar-refractivity contribution is 7.98. The maximum absolute atomic E-state index is 13.0. The summed E-state index contributed by atoms with van der Waals surface area (Å²) >= 11 is 25.7. The van der Waals surface area contributed by atoms with Crippen LogP contribution in [0.25, 0.3) is 0 Å². The molecule has 0 radical (unpaired) electrons. The zero-order valence-electron chi connectivity index (χ0n) is 14.7. The number of nitrogens with one attached hydrogen (secondary N) is 1. The molecule has 0 aliphatic carbocycles. The number of halogens is 4. The van der Waals surface area contributed by atoms with E-state index in [1.54, 1.807) is 0 Å². The number of aromatic nitrogens is 2. The summed E-state index contributed by atoms with van der Waals surface area (Å²) in [5.74, 6) is -1.08. The second-order valence-corrected chi connectivity index (χ2v) is 8.57. The summed E-state index contributed by atoms with van der Waals surface area (Å²) in [6, 6.07) is 11.6. The lowest BCUT2D eigenvalue weighted by Crippen LogP contribution is -2.30. The number of carbonyl (C=O) groups excluding carboxylic acids is 2. The van der Waals surface area contributed by atoms with E-state index in [-0.39, 0.29) is 42.6 Å². The van der Waals surface area contributed by atoms with Crippen molar-refractivity contribution in [1.82, 2.24) is 10.2 Å². The number of anilines is 1. The third kappa shape index (κ3) is 3.25. The van der Waals surface area contributed by atoms with Crippen LogP contribution in [0, 0.1) is 11.3 Å². The van der Waals surface area contributed by atoms with E-state index in [4.69, 9.17) is 46.4 Å². The molecule has 1 aliphatic heterocycles. The molecule has 0 saturated heterocycles. The fourth-order valence-electron chi connectivity index (χ4n) is 2.96. The highest BCUT2D eigenvalue weighted by Crippen LogP contribution is 2.46. The summed E-state index contributed by atoms with van der Waals surface area (Å²) in [6.45, 7) is 0. The molecule has 0 fully saturated rings. The second kappa shape index (κ2) is 8.14. The van der Waals surface area contributed by atoms with E-state index in [2.05, 4.69) is 10.2 Å². The number of fused-ring (bicyclic) bond motifs is 1. The molecule has 3 aromatic rings. The number of nitriles is 1. The van der Waals surface area contributed by atoms with Crippen molar-refractivity contribution in [2.45, 2.75) is 10.8 Å². The van der Waals surface area contributed by atoms with Crippen LogP contribution < -0.4 is 4.90 Å². The zero-order valence-corrected chi connectivity index (χ0v) is 18.5. The van der Waals surface area contributed by atoms with Crippen LogP contribution in [0.3, 0.4) is 0 Å². The van der Waals surface area contributed by atoms with Gasteiger partial charge >= 0.3 is 0 Å². The molecule has 0 spiro atoms. The molecule has 2 aromatic carbocycles. The first-order chi connectivity index (χ1) is 14.4. The molecule has 150 valence electrons. The number of imide groups is 1. The molecule has 4 rings (SSSR count). The van der Waals surface area contributed by atoms with Crippen molar-refractivity contribution >= 4 is 75.8 Å². The van der Waals surface area contributed by atoms with Crippen molar-refractivity contribution in [2.75, 3.05) is 4.90 Å². The summed E-state index contributed by atoms with van der Waals surface area (Å²) in [5, 5.41) is 16.1. The number of carbonyl (C=O) groups is 2. The van der Waals surface area contributed by atoms with E-state index >= 15 is 0 Å². The van der Waals surface area contributed by atoms with Crippen molar-refractivity contribution in [3.05, 3.63) is 72.7 Å². The average Bonchev–Trinajstić information content (AvgIpc) is 3.27. The van der Waals surface area contributed by atoms with Gasteiger partial charge in [0.05, 0.1) is 31.2 Å². The van der Waals surface area contributed by atoms with E-state index in [0.717, 1.165) is 10.5 Å². The molecule has 1 aromatic heterocycles. The van der Waals surface area contributed by atoms with Gasteiger partial charge < -0.3 is 0 Å². The van der Waals surface area contributed by atoms with E-state index < -0.39 is 11.8 Å².